The second-order valence-electron chi connectivity index (χ2n) is 3.50. The van der Waals surface area contributed by atoms with Crippen molar-refractivity contribution >= 4 is 11.3 Å². The lowest BCUT2D eigenvalue weighted by molar-refractivity contribution is -0.133. The van der Waals surface area contributed by atoms with Crippen LogP contribution < -0.4 is 5.32 Å². The molecule has 0 aliphatic rings. The van der Waals surface area contributed by atoms with Crippen LogP contribution in [0.25, 0.3) is 0 Å². The topological polar surface area (TPSA) is 30.5 Å². The number of aryl methyl sites for hydroxylation is 1. The van der Waals surface area contributed by atoms with E-state index in [4.69, 9.17) is 9.47 Å². The van der Waals surface area contributed by atoms with Gasteiger partial charge in [-0.1, -0.05) is 0 Å². The molecule has 0 amide bonds. The molecule has 1 heterocycles. The van der Waals surface area contributed by atoms with E-state index in [0.29, 0.717) is 13.2 Å². The molecule has 16 heavy (non-hydrogen) atoms. The summed E-state index contributed by atoms with van der Waals surface area (Å²) in [5, 5.41) is 5.48. The van der Waals surface area contributed by atoms with Gasteiger partial charge in [-0.2, -0.15) is 0 Å². The van der Waals surface area contributed by atoms with Gasteiger partial charge in [-0.05, 0) is 37.8 Å². The SMILES string of the molecule is CCOC(CNCc1sccc1C)OCC. The summed E-state index contributed by atoms with van der Waals surface area (Å²) in [5.74, 6) is 0. The molecule has 3 nitrogen and oxygen atoms in total. The number of nitrogens with one attached hydrogen (secondary N) is 1. The van der Waals surface area contributed by atoms with E-state index in [1.807, 2.05) is 13.8 Å². The molecule has 0 saturated heterocycles. The maximum Gasteiger partial charge on any atom is 0.169 e. The molecule has 0 aromatic carbocycles. The zero-order valence-electron chi connectivity index (χ0n) is 10.3. The predicted molar refractivity (Wildman–Crippen MR) is 67.8 cm³/mol. The molecular formula is C12H21NO2S. The van der Waals surface area contributed by atoms with E-state index >= 15 is 0 Å². The number of rotatable bonds is 8. The highest BCUT2D eigenvalue weighted by atomic mass is 32.1. The summed E-state index contributed by atoms with van der Waals surface area (Å²) in [6.07, 6.45) is -0.129. The fraction of sp³-hybridized carbons (Fsp3) is 0.667. The van der Waals surface area contributed by atoms with Crippen LogP contribution in [-0.2, 0) is 16.0 Å². The smallest absolute Gasteiger partial charge is 0.169 e. The van der Waals surface area contributed by atoms with Gasteiger partial charge in [0, 0.05) is 31.2 Å². The van der Waals surface area contributed by atoms with Gasteiger partial charge < -0.3 is 14.8 Å². The van der Waals surface area contributed by atoms with Crippen molar-refractivity contribution in [3.8, 4) is 0 Å². The maximum atomic E-state index is 5.45. The molecule has 1 aromatic rings. The summed E-state index contributed by atoms with van der Waals surface area (Å²) in [6, 6.07) is 2.14. The van der Waals surface area contributed by atoms with Gasteiger partial charge in [0.1, 0.15) is 0 Å². The van der Waals surface area contributed by atoms with Crippen LogP contribution in [0.15, 0.2) is 11.4 Å². The van der Waals surface area contributed by atoms with Crippen LogP contribution in [0.2, 0.25) is 0 Å². The lowest BCUT2D eigenvalue weighted by Crippen LogP contribution is -2.31. The third kappa shape index (κ3) is 4.61. The Morgan fingerprint density at radius 1 is 1.31 bits per heavy atom. The largest absolute Gasteiger partial charge is 0.352 e. The highest BCUT2D eigenvalue weighted by Crippen LogP contribution is 2.14. The third-order valence-electron chi connectivity index (χ3n) is 2.27. The zero-order valence-corrected chi connectivity index (χ0v) is 11.1. The summed E-state index contributed by atoms with van der Waals surface area (Å²) in [4.78, 5) is 1.38. The Bertz CT molecular complexity index is 282. The van der Waals surface area contributed by atoms with E-state index in [1.54, 1.807) is 11.3 Å². The fourth-order valence-corrected chi connectivity index (χ4v) is 2.30. The Kier molecular flexibility index (Phi) is 6.64. The minimum absolute atomic E-state index is 0.129. The Hall–Kier alpha value is -0.420. The van der Waals surface area contributed by atoms with E-state index in [0.717, 1.165) is 13.1 Å². The number of ether oxygens (including phenoxy) is 2. The van der Waals surface area contributed by atoms with E-state index in [1.165, 1.54) is 10.4 Å². The molecule has 0 aliphatic heterocycles. The van der Waals surface area contributed by atoms with Crippen molar-refractivity contribution in [2.75, 3.05) is 19.8 Å². The molecule has 1 N–H and O–H groups in total. The Labute approximate surface area is 102 Å². The van der Waals surface area contributed by atoms with Crippen molar-refractivity contribution in [1.29, 1.82) is 0 Å². The quantitative estimate of drug-likeness (QED) is 0.712. The van der Waals surface area contributed by atoms with Gasteiger partial charge in [-0.15, -0.1) is 11.3 Å². The molecule has 0 radical (unpaired) electrons. The van der Waals surface area contributed by atoms with Gasteiger partial charge >= 0.3 is 0 Å². The molecule has 1 rings (SSSR count). The number of hydrogen-bond donors (Lipinski definition) is 1. The van der Waals surface area contributed by atoms with Crippen LogP contribution in [0.5, 0.6) is 0 Å². The maximum absolute atomic E-state index is 5.45. The second-order valence-corrected chi connectivity index (χ2v) is 4.50. The van der Waals surface area contributed by atoms with Crippen LogP contribution in [0.3, 0.4) is 0 Å². The molecule has 0 bridgehead atoms. The molecule has 92 valence electrons. The molecule has 0 spiro atoms. The average Bonchev–Trinajstić information content (AvgIpc) is 2.65. The van der Waals surface area contributed by atoms with E-state index in [9.17, 15) is 0 Å². The molecule has 0 atom stereocenters. The minimum Gasteiger partial charge on any atom is -0.352 e. The van der Waals surface area contributed by atoms with Gasteiger partial charge in [-0.3, -0.25) is 0 Å². The van der Waals surface area contributed by atoms with Crippen LogP contribution in [0.1, 0.15) is 24.3 Å². The van der Waals surface area contributed by atoms with Crippen molar-refractivity contribution < 1.29 is 9.47 Å². The summed E-state index contributed by atoms with van der Waals surface area (Å²) >= 11 is 1.78. The average molecular weight is 243 g/mol. The second kappa shape index (κ2) is 7.79. The molecular weight excluding hydrogens is 222 g/mol. The minimum atomic E-state index is -0.129. The normalized spacial score (nSPS) is 11.2. The predicted octanol–water partition coefficient (Wildman–Crippen LogP) is 2.55. The molecule has 1 aromatic heterocycles. The van der Waals surface area contributed by atoms with Crippen LogP contribution in [0, 0.1) is 6.92 Å². The van der Waals surface area contributed by atoms with Crippen LogP contribution >= 0.6 is 11.3 Å². The van der Waals surface area contributed by atoms with Gasteiger partial charge in [0.25, 0.3) is 0 Å². The lowest BCUT2D eigenvalue weighted by Gasteiger charge is -2.17. The Morgan fingerprint density at radius 2 is 2.00 bits per heavy atom. The summed E-state index contributed by atoms with van der Waals surface area (Å²) in [7, 11) is 0. The first kappa shape index (κ1) is 13.6. The van der Waals surface area contributed by atoms with E-state index in [-0.39, 0.29) is 6.29 Å². The monoisotopic (exact) mass is 243 g/mol. The van der Waals surface area contributed by atoms with Gasteiger partial charge in [0.2, 0.25) is 0 Å². The first-order chi connectivity index (χ1) is 7.77. The fourth-order valence-electron chi connectivity index (χ4n) is 1.43. The molecule has 0 saturated carbocycles. The number of hydrogen-bond acceptors (Lipinski definition) is 4. The van der Waals surface area contributed by atoms with Crippen molar-refractivity contribution in [3.05, 3.63) is 21.9 Å². The van der Waals surface area contributed by atoms with Crippen molar-refractivity contribution in [2.24, 2.45) is 0 Å². The summed E-state index contributed by atoms with van der Waals surface area (Å²) in [6.45, 7) is 9.09. The van der Waals surface area contributed by atoms with Crippen LogP contribution in [0.4, 0.5) is 0 Å². The van der Waals surface area contributed by atoms with Gasteiger partial charge in [-0.25, -0.2) is 0 Å². The first-order valence-electron chi connectivity index (χ1n) is 5.74. The zero-order chi connectivity index (χ0) is 11.8. The van der Waals surface area contributed by atoms with Crippen molar-refractivity contribution in [2.45, 2.75) is 33.6 Å². The number of thiophene rings is 1. The lowest BCUT2D eigenvalue weighted by atomic mass is 10.3. The third-order valence-corrected chi connectivity index (χ3v) is 3.29. The van der Waals surface area contributed by atoms with Crippen molar-refractivity contribution in [1.82, 2.24) is 5.32 Å². The van der Waals surface area contributed by atoms with Crippen LogP contribution in [-0.4, -0.2) is 26.0 Å². The summed E-state index contributed by atoms with van der Waals surface area (Å²) < 4.78 is 10.9. The van der Waals surface area contributed by atoms with Gasteiger partial charge in [0.05, 0.1) is 0 Å². The molecule has 0 fully saturated rings. The van der Waals surface area contributed by atoms with Gasteiger partial charge in [0.15, 0.2) is 6.29 Å². The Balaban J connectivity index is 2.24. The molecule has 0 aliphatic carbocycles. The van der Waals surface area contributed by atoms with E-state index < -0.39 is 0 Å². The first-order valence-corrected chi connectivity index (χ1v) is 6.62. The van der Waals surface area contributed by atoms with E-state index in [2.05, 4.69) is 23.7 Å². The standard InChI is InChI=1S/C12H21NO2S/c1-4-14-12(15-5-2)9-13-8-11-10(3)6-7-16-11/h6-7,12-13H,4-5,8-9H2,1-3H3. The van der Waals surface area contributed by atoms with Crippen molar-refractivity contribution in [3.63, 3.8) is 0 Å². The highest BCUT2D eigenvalue weighted by molar-refractivity contribution is 7.10. The molecule has 0 unspecified atom stereocenters. The highest BCUT2D eigenvalue weighted by Gasteiger charge is 2.07. The summed E-state index contributed by atoms with van der Waals surface area (Å²) in [5.41, 5.74) is 1.35. The molecule has 4 heteroatoms. The Morgan fingerprint density at radius 3 is 2.50 bits per heavy atom.